The summed E-state index contributed by atoms with van der Waals surface area (Å²) in [5.41, 5.74) is 0. The van der Waals surface area contributed by atoms with Crippen LogP contribution in [0.15, 0.2) is 0 Å². The number of carbonyl (C=O) groups is 1. The molecule has 8 nitrogen and oxygen atoms in total. The van der Waals surface area contributed by atoms with E-state index < -0.39 is 26.2 Å². The Kier molecular flexibility index (Phi) is 3.33. The summed E-state index contributed by atoms with van der Waals surface area (Å²) in [6.45, 7) is -0.0316. The van der Waals surface area contributed by atoms with Gasteiger partial charge in [-0.25, -0.2) is 9.24 Å². The molecule has 4 N–H and O–H groups in total. The maximum atomic E-state index is 10.9. The molecule has 0 aromatic rings. The van der Waals surface area contributed by atoms with Gasteiger partial charge in [-0.2, -0.15) is 0 Å². The van der Waals surface area contributed by atoms with Crippen LogP contribution in [0.25, 0.3) is 0 Å². The minimum absolute atomic E-state index is 0.0687. The Bertz CT molecular complexity index is 327. The minimum Gasteiger partial charge on any atom is -0.480 e. The molecular formula is C6H12N3O5P. The van der Waals surface area contributed by atoms with Crippen LogP contribution in [-0.2, 0) is 9.36 Å². The van der Waals surface area contributed by atoms with Crippen LogP contribution in [0.5, 0.6) is 0 Å². The van der Waals surface area contributed by atoms with E-state index in [1.807, 2.05) is 0 Å². The molecule has 0 aromatic heterocycles. The predicted molar refractivity (Wildman–Crippen MR) is 50.3 cm³/mol. The average molecular weight is 237 g/mol. The summed E-state index contributed by atoms with van der Waals surface area (Å²) in [5, 5.41) is 16.0. The van der Waals surface area contributed by atoms with Crippen LogP contribution in [0.4, 0.5) is 0 Å². The van der Waals surface area contributed by atoms with E-state index in [4.69, 9.17) is 20.3 Å². The highest BCUT2D eigenvalue weighted by Gasteiger charge is 2.34. The molecule has 15 heavy (non-hydrogen) atoms. The summed E-state index contributed by atoms with van der Waals surface area (Å²) in [6.07, 6.45) is 0.417. The first-order valence-electron chi connectivity index (χ1n) is 4.21. The van der Waals surface area contributed by atoms with Crippen molar-refractivity contribution >= 4 is 19.7 Å². The Morgan fingerprint density at radius 3 is 2.53 bits per heavy atom. The van der Waals surface area contributed by atoms with Crippen LogP contribution in [0, 0.1) is 5.41 Å². The van der Waals surface area contributed by atoms with E-state index in [2.05, 4.69) is 0 Å². The molecule has 0 bridgehead atoms. The number of carboxylic acid groups (broad SMARTS) is 1. The second-order valence-electron chi connectivity index (χ2n) is 3.13. The van der Waals surface area contributed by atoms with Crippen molar-refractivity contribution in [2.24, 2.45) is 0 Å². The molecule has 0 radical (unpaired) electrons. The molecule has 0 spiro atoms. The highest BCUT2D eigenvalue weighted by molar-refractivity contribution is 7.49. The molecule has 1 saturated heterocycles. The van der Waals surface area contributed by atoms with E-state index in [0.717, 1.165) is 4.90 Å². The molecule has 1 aliphatic heterocycles. The molecule has 0 unspecified atom stereocenters. The van der Waals surface area contributed by atoms with Gasteiger partial charge in [-0.1, -0.05) is 0 Å². The zero-order valence-corrected chi connectivity index (χ0v) is 8.72. The number of carboxylic acids is 1. The van der Waals surface area contributed by atoms with Crippen molar-refractivity contribution in [2.45, 2.75) is 6.42 Å². The zero-order valence-electron chi connectivity index (χ0n) is 7.83. The Morgan fingerprint density at radius 1 is 1.47 bits per heavy atom. The van der Waals surface area contributed by atoms with Crippen molar-refractivity contribution in [1.29, 1.82) is 5.41 Å². The van der Waals surface area contributed by atoms with Gasteiger partial charge in [-0.3, -0.25) is 10.2 Å². The predicted octanol–water partition coefficient (Wildman–Crippen LogP) is -0.894. The summed E-state index contributed by atoms with van der Waals surface area (Å²) in [7, 11) is -4.50. The van der Waals surface area contributed by atoms with Gasteiger partial charge < -0.3 is 19.8 Å². The van der Waals surface area contributed by atoms with Crippen LogP contribution >= 0.6 is 7.75 Å². The van der Waals surface area contributed by atoms with Gasteiger partial charge in [0.1, 0.15) is 6.54 Å². The van der Waals surface area contributed by atoms with Crippen LogP contribution in [0.3, 0.4) is 0 Å². The topological polar surface area (TPSA) is 125 Å². The summed E-state index contributed by atoms with van der Waals surface area (Å²) in [4.78, 5) is 29.3. The van der Waals surface area contributed by atoms with Gasteiger partial charge in [0.05, 0.1) is 0 Å². The van der Waals surface area contributed by atoms with Gasteiger partial charge in [0.2, 0.25) is 5.96 Å². The molecule has 86 valence electrons. The third kappa shape index (κ3) is 2.92. The Labute approximate surface area is 85.8 Å². The second-order valence-corrected chi connectivity index (χ2v) is 4.64. The lowest BCUT2D eigenvalue weighted by atomic mass is 10.3. The summed E-state index contributed by atoms with van der Waals surface area (Å²) in [5.74, 6) is -1.57. The first-order valence-corrected chi connectivity index (χ1v) is 5.77. The van der Waals surface area contributed by atoms with E-state index in [1.54, 1.807) is 0 Å². The van der Waals surface area contributed by atoms with Gasteiger partial charge in [0.15, 0.2) is 0 Å². The largest absolute Gasteiger partial charge is 0.480 e. The van der Waals surface area contributed by atoms with Gasteiger partial charge in [-0.05, 0) is 6.42 Å². The summed E-state index contributed by atoms with van der Waals surface area (Å²) >= 11 is 0. The lowest BCUT2D eigenvalue weighted by Gasteiger charge is -2.36. The van der Waals surface area contributed by atoms with Crippen LogP contribution in [0.2, 0.25) is 0 Å². The highest BCUT2D eigenvalue weighted by atomic mass is 31.2. The Morgan fingerprint density at radius 2 is 2.07 bits per heavy atom. The fourth-order valence-corrected chi connectivity index (χ4v) is 2.13. The van der Waals surface area contributed by atoms with E-state index in [-0.39, 0.29) is 6.54 Å². The molecule has 1 rings (SSSR count). The van der Waals surface area contributed by atoms with Crippen molar-refractivity contribution in [2.75, 3.05) is 19.6 Å². The van der Waals surface area contributed by atoms with Crippen molar-refractivity contribution in [3.8, 4) is 0 Å². The molecule has 9 heteroatoms. The van der Waals surface area contributed by atoms with Crippen molar-refractivity contribution in [3.05, 3.63) is 0 Å². The van der Waals surface area contributed by atoms with Crippen LogP contribution in [-0.4, -0.2) is 56.0 Å². The normalized spacial score (nSPS) is 18.1. The van der Waals surface area contributed by atoms with E-state index >= 15 is 0 Å². The third-order valence-corrected chi connectivity index (χ3v) is 3.00. The summed E-state index contributed by atoms with van der Waals surface area (Å²) in [6, 6.07) is 0. The molecule has 0 amide bonds. The Hall–Kier alpha value is -1.11. The minimum atomic E-state index is -4.50. The monoisotopic (exact) mass is 237 g/mol. The number of aliphatic carboxylic acids is 1. The molecular weight excluding hydrogens is 225 g/mol. The van der Waals surface area contributed by atoms with Gasteiger partial charge in [-0.15, -0.1) is 0 Å². The molecule has 0 atom stereocenters. The number of guanidine groups is 1. The average Bonchev–Trinajstić information content (AvgIpc) is 2.05. The van der Waals surface area contributed by atoms with E-state index in [9.17, 15) is 9.36 Å². The smallest absolute Gasteiger partial charge is 0.432 e. The van der Waals surface area contributed by atoms with E-state index in [1.165, 1.54) is 0 Å². The number of hydrogen-bond acceptors (Lipinski definition) is 3. The second kappa shape index (κ2) is 4.18. The lowest BCUT2D eigenvalue weighted by molar-refractivity contribution is -0.137. The number of hydrogen-bond donors (Lipinski definition) is 4. The van der Waals surface area contributed by atoms with Crippen molar-refractivity contribution < 1.29 is 24.3 Å². The Balaban J connectivity index is 2.76. The molecule has 1 aliphatic rings. The number of nitrogens with zero attached hydrogens (tertiary/aromatic N) is 2. The van der Waals surface area contributed by atoms with Crippen molar-refractivity contribution in [3.63, 3.8) is 0 Å². The van der Waals surface area contributed by atoms with E-state index in [0.29, 0.717) is 17.6 Å². The molecule has 0 saturated carbocycles. The highest BCUT2D eigenvalue weighted by Crippen LogP contribution is 2.41. The van der Waals surface area contributed by atoms with Crippen LogP contribution < -0.4 is 0 Å². The van der Waals surface area contributed by atoms with Gasteiger partial charge in [0, 0.05) is 13.1 Å². The maximum absolute atomic E-state index is 10.9. The fraction of sp³-hybridized carbons (Fsp3) is 0.667. The lowest BCUT2D eigenvalue weighted by Crippen LogP contribution is -2.49. The van der Waals surface area contributed by atoms with Crippen LogP contribution in [0.1, 0.15) is 6.42 Å². The zero-order chi connectivity index (χ0) is 11.6. The SMILES string of the molecule is N=C1N(CC(=O)O)CCCN1P(=O)(O)O. The van der Waals surface area contributed by atoms with Gasteiger partial charge in [0.25, 0.3) is 0 Å². The number of rotatable bonds is 3. The quantitative estimate of drug-likeness (QED) is 0.469. The summed E-state index contributed by atoms with van der Waals surface area (Å²) < 4.78 is 11.5. The first kappa shape index (κ1) is 12.0. The maximum Gasteiger partial charge on any atom is 0.432 e. The molecule has 0 aliphatic carbocycles. The third-order valence-electron chi connectivity index (χ3n) is 1.98. The number of nitrogens with one attached hydrogen (secondary N) is 1. The van der Waals surface area contributed by atoms with Gasteiger partial charge >= 0.3 is 13.7 Å². The fourth-order valence-electron chi connectivity index (χ4n) is 1.36. The molecule has 1 fully saturated rings. The standard InChI is InChI=1S/C6H12N3O5P/c7-6-8(4-5(10)11)2-1-3-9(6)15(12,13)14/h7H,1-4H2,(H,10,11)(H2,12,13,14). The first-order chi connectivity index (χ1) is 6.82. The molecule has 0 aromatic carbocycles. The van der Waals surface area contributed by atoms with Crippen molar-refractivity contribution in [1.82, 2.24) is 9.57 Å². The molecule has 1 heterocycles.